The molecule has 2 rings (SSSR count). The van der Waals surface area contributed by atoms with E-state index in [1.54, 1.807) is 4.90 Å². The number of amides is 1. The van der Waals surface area contributed by atoms with Gasteiger partial charge in [-0.05, 0) is 18.4 Å². The number of aliphatic hydroxyl groups excluding tert-OH is 1. The van der Waals surface area contributed by atoms with Crippen molar-refractivity contribution in [1.82, 2.24) is 9.88 Å². The molecule has 1 aliphatic heterocycles. The molecule has 0 bridgehead atoms. The fourth-order valence-corrected chi connectivity index (χ4v) is 2.30. The van der Waals surface area contributed by atoms with Gasteiger partial charge in [-0.2, -0.15) is 0 Å². The Labute approximate surface area is 116 Å². The van der Waals surface area contributed by atoms with Gasteiger partial charge in [-0.3, -0.25) is 4.79 Å². The fraction of sp³-hybridized carbons (Fsp3) is 0.500. The van der Waals surface area contributed by atoms with E-state index in [2.05, 4.69) is 10.4 Å². The average Bonchev–Trinajstić information content (AvgIpc) is 2.41. The number of aromatic nitrogens is 1. The van der Waals surface area contributed by atoms with Crippen molar-refractivity contribution in [3.63, 3.8) is 0 Å². The van der Waals surface area contributed by atoms with Crippen molar-refractivity contribution in [3.8, 4) is 0 Å². The van der Waals surface area contributed by atoms with Gasteiger partial charge in [-0.1, -0.05) is 18.5 Å². The number of anilines is 1. The summed E-state index contributed by atoms with van der Waals surface area (Å²) in [7, 11) is 0. The number of hydrogen-bond donors (Lipinski definition) is 3. The Morgan fingerprint density at radius 2 is 2.42 bits per heavy atom. The molecule has 0 aliphatic carbocycles. The summed E-state index contributed by atoms with van der Waals surface area (Å²) in [5, 5.41) is 10.1. The number of hydrogen-bond acceptors (Lipinski definition) is 5. The highest BCUT2D eigenvalue weighted by Gasteiger charge is 2.28. The normalized spacial score (nSPS) is 23.3. The molecule has 0 spiro atoms. The number of aliphatic hydroxyl groups is 1. The van der Waals surface area contributed by atoms with Crippen molar-refractivity contribution < 1.29 is 9.90 Å². The Morgan fingerprint density at radius 3 is 3.00 bits per heavy atom. The minimum atomic E-state index is -0.480. The van der Waals surface area contributed by atoms with Crippen LogP contribution in [0.25, 0.3) is 0 Å². The van der Waals surface area contributed by atoms with Gasteiger partial charge >= 0.3 is 0 Å². The van der Waals surface area contributed by atoms with Crippen molar-refractivity contribution in [2.24, 2.45) is 11.8 Å². The maximum atomic E-state index is 12.3. The van der Waals surface area contributed by atoms with Crippen LogP contribution in [0.15, 0.2) is 12.3 Å². The molecule has 2 heterocycles. The van der Waals surface area contributed by atoms with Gasteiger partial charge in [0.25, 0.3) is 5.91 Å². The van der Waals surface area contributed by atoms with Crippen LogP contribution in [-0.4, -0.2) is 40.1 Å². The van der Waals surface area contributed by atoms with Crippen LogP contribution in [0.2, 0.25) is 5.02 Å². The number of nitrogens with two attached hydrogens (primary N) is 1. The standard InChI is InChI=1S/C12H17ClN4O2/c1-7-2-3-17(6-10(7)18)12(19)8-4-9(13)11(16-14)15-5-8/h4-5,7,10,18H,2-3,6,14H2,1H3,(H,15,16). The van der Waals surface area contributed by atoms with Crippen LogP contribution in [0.1, 0.15) is 23.7 Å². The summed E-state index contributed by atoms with van der Waals surface area (Å²) in [5.74, 6) is 5.59. The molecular formula is C12H17ClN4O2. The third-order valence-electron chi connectivity index (χ3n) is 3.43. The molecule has 7 heteroatoms. The average molecular weight is 285 g/mol. The maximum Gasteiger partial charge on any atom is 0.255 e. The lowest BCUT2D eigenvalue weighted by Crippen LogP contribution is -2.45. The minimum absolute atomic E-state index is 0.177. The molecule has 19 heavy (non-hydrogen) atoms. The quantitative estimate of drug-likeness (QED) is 0.553. The number of likely N-dealkylation sites (tertiary alicyclic amines) is 1. The first-order chi connectivity index (χ1) is 9.02. The number of halogens is 1. The molecule has 4 N–H and O–H groups in total. The molecule has 0 saturated carbocycles. The van der Waals surface area contributed by atoms with Crippen LogP contribution >= 0.6 is 11.6 Å². The highest BCUT2D eigenvalue weighted by molar-refractivity contribution is 6.33. The molecule has 0 radical (unpaired) electrons. The molecular weight excluding hydrogens is 268 g/mol. The van der Waals surface area contributed by atoms with E-state index >= 15 is 0 Å². The summed E-state index contributed by atoms with van der Waals surface area (Å²) in [6, 6.07) is 1.52. The van der Waals surface area contributed by atoms with Crippen molar-refractivity contribution in [3.05, 3.63) is 22.8 Å². The number of rotatable bonds is 2. The molecule has 2 unspecified atom stereocenters. The zero-order chi connectivity index (χ0) is 14.0. The summed E-state index contributed by atoms with van der Waals surface area (Å²) in [6.07, 6.45) is 1.73. The van der Waals surface area contributed by atoms with Crippen molar-refractivity contribution in [1.29, 1.82) is 0 Å². The van der Waals surface area contributed by atoms with Gasteiger partial charge in [0.1, 0.15) is 0 Å². The number of nitrogens with one attached hydrogen (secondary N) is 1. The number of β-amino-alcohol motifs (C(OH)–C–C–N with tert-alkyl or cyclic N) is 1. The summed E-state index contributed by atoms with van der Waals surface area (Å²) in [4.78, 5) is 17.9. The largest absolute Gasteiger partial charge is 0.391 e. The molecule has 1 aliphatic rings. The third-order valence-corrected chi connectivity index (χ3v) is 3.72. The fourth-order valence-electron chi connectivity index (χ4n) is 2.08. The van der Waals surface area contributed by atoms with Crippen LogP contribution in [-0.2, 0) is 0 Å². The van der Waals surface area contributed by atoms with E-state index < -0.39 is 6.10 Å². The van der Waals surface area contributed by atoms with Crippen molar-refractivity contribution in [2.75, 3.05) is 18.5 Å². The topological polar surface area (TPSA) is 91.5 Å². The number of hydrazine groups is 1. The minimum Gasteiger partial charge on any atom is -0.391 e. The second kappa shape index (κ2) is 5.73. The van der Waals surface area contributed by atoms with E-state index in [1.807, 2.05) is 6.92 Å². The van der Waals surface area contributed by atoms with Gasteiger partial charge in [-0.25, -0.2) is 10.8 Å². The Kier molecular flexibility index (Phi) is 4.24. The lowest BCUT2D eigenvalue weighted by Gasteiger charge is -2.34. The Balaban J connectivity index is 2.13. The molecule has 1 aromatic heterocycles. The molecule has 0 aromatic carbocycles. The second-order valence-corrected chi connectivity index (χ2v) is 5.19. The predicted octanol–water partition coefficient (Wildman–Crippen LogP) is 0.864. The first-order valence-electron chi connectivity index (χ1n) is 6.12. The summed E-state index contributed by atoms with van der Waals surface area (Å²) < 4.78 is 0. The van der Waals surface area contributed by atoms with Gasteiger partial charge in [0.2, 0.25) is 0 Å². The monoisotopic (exact) mass is 284 g/mol. The van der Waals surface area contributed by atoms with E-state index in [1.165, 1.54) is 12.3 Å². The van der Waals surface area contributed by atoms with E-state index in [4.69, 9.17) is 17.4 Å². The van der Waals surface area contributed by atoms with E-state index in [0.29, 0.717) is 29.5 Å². The van der Waals surface area contributed by atoms with E-state index in [-0.39, 0.29) is 11.8 Å². The van der Waals surface area contributed by atoms with Crippen molar-refractivity contribution in [2.45, 2.75) is 19.4 Å². The first kappa shape index (κ1) is 14.0. The lowest BCUT2D eigenvalue weighted by molar-refractivity contribution is 0.0248. The Hall–Kier alpha value is -1.37. The van der Waals surface area contributed by atoms with Gasteiger partial charge in [0.05, 0.1) is 16.7 Å². The molecule has 1 fully saturated rings. The van der Waals surface area contributed by atoms with Crippen LogP contribution in [0, 0.1) is 5.92 Å². The molecule has 1 amide bonds. The number of carbonyl (C=O) groups excluding carboxylic acids is 1. The molecule has 6 nitrogen and oxygen atoms in total. The van der Waals surface area contributed by atoms with Crippen LogP contribution in [0.5, 0.6) is 0 Å². The third kappa shape index (κ3) is 2.97. The maximum absolute atomic E-state index is 12.3. The number of pyridine rings is 1. The van der Waals surface area contributed by atoms with Crippen LogP contribution in [0.4, 0.5) is 5.82 Å². The van der Waals surface area contributed by atoms with Gasteiger partial charge in [-0.15, -0.1) is 0 Å². The number of piperidine rings is 1. The van der Waals surface area contributed by atoms with Gasteiger partial charge in [0, 0.05) is 19.3 Å². The van der Waals surface area contributed by atoms with E-state index in [0.717, 1.165) is 6.42 Å². The SMILES string of the molecule is CC1CCN(C(=O)c2cnc(NN)c(Cl)c2)CC1O. The zero-order valence-corrected chi connectivity index (χ0v) is 11.4. The zero-order valence-electron chi connectivity index (χ0n) is 10.6. The summed E-state index contributed by atoms with van der Waals surface area (Å²) >= 11 is 5.94. The number of nitrogen functional groups attached to an aromatic ring is 1. The molecule has 2 atom stereocenters. The summed E-state index contributed by atoms with van der Waals surface area (Å²) in [6.45, 7) is 2.95. The van der Waals surface area contributed by atoms with Crippen LogP contribution < -0.4 is 11.3 Å². The highest BCUT2D eigenvalue weighted by atomic mass is 35.5. The second-order valence-electron chi connectivity index (χ2n) is 4.78. The Morgan fingerprint density at radius 1 is 1.68 bits per heavy atom. The number of carbonyl (C=O) groups is 1. The van der Waals surface area contributed by atoms with Crippen LogP contribution in [0.3, 0.4) is 0 Å². The van der Waals surface area contributed by atoms with Crippen molar-refractivity contribution >= 4 is 23.3 Å². The smallest absolute Gasteiger partial charge is 0.255 e. The predicted molar refractivity (Wildman–Crippen MR) is 72.7 cm³/mol. The molecule has 1 aromatic rings. The molecule has 104 valence electrons. The van der Waals surface area contributed by atoms with Gasteiger partial charge in [0.15, 0.2) is 5.82 Å². The summed E-state index contributed by atoms with van der Waals surface area (Å²) in [5.41, 5.74) is 2.74. The van der Waals surface area contributed by atoms with E-state index in [9.17, 15) is 9.90 Å². The van der Waals surface area contributed by atoms with Gasteiger partial charge < -0.3 is 15.4 Å². The first-order valence-corrected chi connectivity index (χ1v) is 6.50. The molecule has 1 saturated heterocycles. The lowest BCUT2D eigenvalue weighted by atomic mass is 9.95. The Bertz CT molecular complexity index is 483. The number of nitrogens with zero attached hydrogens (tertiary/aromatic N) is 2. The highest BCUT2D eigenvalue weighted by Crippen LogP contribution is 2.22.